The first kappa shape index (κ1) is 26.9. The van der Waals surface area contributed by atoms with Gasteiger partial charge >= 0.3 is 5.97 Å². The molecule has 9 heteroatoms. The van der Waals surface area contributed by atoms with Crippen molar-refractivity contribution in [1.82, 2.24) is 4.98 Å². The zero-order valence-electron chi connectivity index (χ0n) is 23.2. The summed E-state index contributed by atoms with van der Waals surface area (Å²) in [6.45, 7) is -0.530. The molecule has 3 fully saturated rings. The van der Waals surface area contributed by atoms with E-state index in [1.54, 1.807) is 48.5 Å². The summed E-state index contributed by atoms with van der Waals surface area (Å²) in [7, 11) is 0. The first-order valence-corrected chi connectivity index (χ1v) is 14.9. The molecule has 2 bridgehead atoms. The molecule has 2 amide bonds. The van der Waals surface area contributed by atoms with Gasteiger partial charge in [0.15, 0.2) is 12.4 Å². The number of benzene rings is 3. The zero-order valence-corrected chi connectivity index (χ0v) is 23.9. The van der Waals surface area contributed by atoms with Crippen LogP contribution in [0.3, 0.4) is 0 Å². The van der Waals surface area contributed by atoms with Gasteiger partial charge < -0.3 is 4.74 Å². The van der Waals surface area contributed by atoms with Gasteiger partial charge in [-0.2, -0.15) is 0 Å². The highest BCUT2D eigenvalue weighted by Gasteiger charge is 2.67. The number of para-hydroxylation sites is 1. The van der Waals surface area contributed by atoms with Crippen molar-refractivity contribution in [2.45, 2.75) is 6.42 Å². The molecule has 9 rings (SSSR count). The number of rotatable bonds is 6. The van der Waals surface area contributed by atoms with Gasteiger partial charge in [0, 0.05) is 16.5 Å². The van der Waals surface area contributed by atoms with Crippen LogP contribution in [0.2, 0.25) is 5.02 Å². The first-order valence-electron chi connectivity index (χ1n) is 14.5. The number of allylic oxidation sites excluding steroid dienone is 2. The molecule has 0 N–H and O–H groups in total. The lowest BCUT2D eigenvalue weighted by Gasteiger charge is -2.37. The fourth-order valence-corrected chi connectivity index (χ4v) is 7.67. The smallest absolute Gasteiger partial charge is 0.339 e. The molecule has 6 unspecified atom stereocenters. The Bertz CT molecular complexity index is 1900. The number of hydrogen-bond donors (Lipinski definition) is 0. The minimum absolute atomic E-state index is 0.131. The number of ketones is 1. The van der Waals surface area contributed by atoms with Crippen LogP contribution in [0.15, 0.2) is 84.9 Å². The first-order chi connectivity index (χ1) is 21.3. The maximum Gasteiger partial charge on any atom is 0.339 e. The van der Waals surface area contributed by atoms with E-state index < -0.39 is 24.2 Å². The number of esters is 1. The van der Waals surface area contributed by atoms with E-state index in [9.17, 15) is 23.6 Å². The van der Waals surface area contributed by atoms with Gasteiger partial charge in [0.25, 0.3) is 0 Å². The van der Waals surface area contributed by atoms with Crippen molar-refractivity contribution in [2.75, 3.05) is 11.5 Å². The summed E-state index contributed by atoms with van der Waals surface area (Å²) in [4.78, 5) is 58.9. The van der Waals surface area contributed by atoms with E-state index >= 15 is 0 Å². The van der Waals surface area contributed by atoms with Crippen LogP contribution in [0, 0.1) is 41.3 Å². The van der Waals surface area contributed by atoms with Gasteiger partial charge in [-0.15, -0.1) is 0 Å². The number of anilines is 1. The van der Waals surface area contributed by atoms with E-state index in [0.29, 0.717) is 44.7 Å². The number of carbonyl (C=O) groups is 4. The predicted octanol–water partition coefficient (Wildman–Crippen LogP) is 6.29. The van der Waals surface area contributed by atoms with E-state index in [1.807, 2.05) is 0 Å². The topological polar surface area (TPSA) is 93.6 Å². The fraction of sp³-hybridized carbons (Fsp3) is 0.229. The lowest BCUT2D eigenvalue weighted by molar-refractivity contribution is -0.124. The van der Waals surface area contributed by atoms with Crippen molar-refractivity contribution in [3.05, 3.63) is 107 Å². The molecule has 218 valence electrons. The molecule has 1 aromatic heterocycles. The molecule has 7 nitrogen and oxygen atoms in total. The molecule has 3 aromatic carbocycles. The van der Waals surface area contributed by atoms with Crippen molar-refractivity contribution in [3.63, 3.8) is 0 Å². The third kappa shape index (κ3) is 4.12. The Morgan fingerprint density at radius 3 is 2.23 bits per heavy atom. The van der Waals surface area contributed by atoms with Gasteiger partial charge in [0.1, 0.15) is 5.82 Å². The number of hydrogen-bond acceptors (Lipinski definition) is 6. The highest BCUT2D eigenvalue weighted by Crippen LogP contribution is 2.65. The second-order valence-electron chi connectivity index (χ2n) is 11.9. The van der Waals surface area contributed by atoms with Crippen LogP contribution in [0.25, 0.3) is 22.2 Å². The molecule has 1 saturated heterocycles. The number of pyridine rings is 1. The molecule has 2 saturated carbocycles. The molecule has 4 aromatic rings. The van der Waals surface area contributed by atoms with Gasteiger partial charge in [-0.1, -0.05) is 48.0 Å². The minimum Gasteiger partial charge on any atom is -0.454 e. The van der Waals surface area contributed by atoms with Crippen LogP contribution in [-0.2, 0) is 14.3 Å². The van der Waals surface area contributed by atoms with Crippen molar-refractivity contribution in [2.24, 2.45) is 35.5 Å². The number of fused-ring (bicyclic) bond motifs is 1. The lowest BCUT2D eigenvalue weighted by Crippen LogP contribution is -2.40. The van der Waals surface area contributed by atoms with Crippen LogP contribution in [0.5, 0.6) is 0 Å². The van der Waals surface area contributed by atoms with E-state index in [2.05, 4.69) is 12.2 Å². The number of aromatic nitrogens is 1. The van der Waals surface area contributed by atoms with Gasteiger partial charge in [-0.3, -0.25) is 19.3 Å². The maximum absolute atomic E-state index is 13.5. The van der Waals surface area contributed by atoms with E-state index in [0.717, 1.165) is 18.6 Å². The summed E-state index contributed by atoms with van der Waals surface area (Å²) >= 11 is 6.47. The fourth-order valence-electron chi connectivity index (χ4n) is 7.45. The highest BCUT2D eigenvalue weighted by molar-refractivity contribution is 6.35. The van der Waals surface area contributed by atoms with Crippen LogP contribution >= 0.6 is 11.6 Å². The molecule has 5 aliphatic rings. The molecule has 6 atom stereocenters. The summed E-state index contributed by atoms with van der Waals surface area (Å²) in [5.41, 5.74) is 2.32. The standard InChI is InChI=1S/C35H24ClFN2O5/c36-27-3-1-2-23-26(35(43)44-16-29(40)18-4-8-19(37)9-5-18)15-28(38-32(23)27)17-6-10-20(11-7-17)39-33(41)30-21-12-13-22(25-14-24(21)25)31(30)34(39)42/h1-13,15,21-22,24-25,30-31H,14,16H2. The van der Waals surface area contributed by atoms with Gasteiger partial charge in [0.05, 0.1) is 39.3 Å². The maximum atomic E-state index is 13.5. The van der Waals surface area contributed by atoms with Crippen LogP contribution in [-0.4, -0.2) is 35.2 Å². The number of imide groups is 1. The quantitative estimate of drug-likeness (QED) is 0.111. The molecule has 0 radical (unpaired) electrons. The average Bonchev–Trinajstić information content (AvgIpc) is 3.82. The second-order valence-corrected chi connectivity index (χ2v) is 12.3. The molecule has 0 spiro atoms. The monoisotopic (exact) mass is 606 g/mol. The number of nitrogens with zero attached hydrogens (tertiary/aromatic N) is 2. The summed E-state index contributed by atoms with van der Waals surface area (Å²) < 4.78 is 18.6. The van der Waals surface area contributed by atoms with Crippen LogP contribution in [0.1, 0.15) is 27.1 Å². The van der Waals surface area contributed by atoms with Crippen molar-refractivity contribution >= 4 is 51.8 Å². The number of halogens is 2. The van der Waals surface area contributed by atoms with Crippen LogP contribution < -0.4 is 4.90 Å². The Kier molecular flexibility index (Phi) is 6.07. The third-order valence-corrected chi connectivity index (χ3v) is 9.90. The third-order valence-electron chi connectivity index (χ3n) is 9.59. The minimum atomic E-state index is -0.745. The molecular weight excluding hydrogens is 583 g/mol. The van der Waals surface area contributed by atoms with Crippen molar-refractivity contribution < 1.29 is 28.3 Å². The lowest BCUT2D eigenvalue weighted by atomic mass is 9.63. The number of Topliss-reactive ketones (excluding diaryl/α,β-unsaturated/α-hetero) is 1. The molecular formula is C35H24ClFN2O5. The second kappa shape index (κ2) is 9.92. The molecule has 1 aliphatic heterocycles. The summed E-state index contributed by atoms with van der Waals surface area (Å²) in [6, 6.07) is 18.5. The van der Waals surface area contributed by atoms with E-state index in [4.69, 9.17) is 21.3 Å². The van der Waals surface area contributed by atoms with Crippen molar-refractivity contribution in [3.8, 4) is 11.3 Å². The Labute approximate surface area is 256 Å². The molecule has 44 heavy (non-hydrogen) atoms. The number of ether oxygens (including phenoxy) is 1. The van der Waals surface area contributed by atoms with Gasteiger partial charge in [-0.25, -0.2) is 14.2 Å². The Morgan fingerprint density at radius 1 is 0.909 bits per heavy atom. The molecule has 2 heterocycles. The summed E-state index contributed by atoms with van der Waals surface area (Å²) in [6.07, 6.45) is 5.40. The number of carbonyl (C=O) groups excluding carboxylic acids is 4. The normalized spacial score (nSPS) is 26.1. The number of amides is 2. The van der Waals surface area contributed by atoms with E-state index in [-0.39, 0.29) is 46.6 Å². The largest absolute Gasteiger partial charge is 0.454 e. The summed E-state index contributed by atoms with van der Waals surface area (Å²) in [5.74, 6) is -1.18. The predicted molar refractivity (Wildman–Crippen MR) is 160 cm³/mol. The Hall–Kier alpha value is -4.69. The Morgan fingerprint density at radius 2 is 1.57 bits per heavy atom. The summed E-state index contributed by atoms with van der Waals surface area (Å²) in [5, 5.41) is 0.781. The SMILES string of the molecule is O=C(COC(=O)c1cc(-c2ccc(N3C(=O)C4C5C=CC(C6CC56)C4C3=O)cc2)nc2c(Cl)cccc12)c1ccc(F)cc1. The van der Waals surface area contributed by atoms with Gasteiger partial charge in [0.2, 0.25) is 11.8 Å². The average molecular weight is 607 g/mol. The van der Waals surface area contributed by atoms with Crippen molar-refractivity contribution in [1.29, 1.82) is 0 Å². The zero-order chi connectivity index (χ0) is 30.3. The van der Waals surface area contributed by atoms with Gasteiger partial charge in [-0.05, 0) is 78.6 Å². The van der Waals surface area contributed by atoms with E-state index in [1.165, 1.54) is 17.0 Å². The Balaban J connectivity index is 1.07. The highest BCUT2D eigenvalue weighted by atomic mass is 35.5. The molecule has 4 aliphatic carbocycles. The van der Waals surface area contributed by atoms with Crippen LogP contribution in [0.4, 0.5) is 10.1 Å².